The van der Waals surface area contributed by atoms with Gasteiger partial charge in [-0.3, -0.25) is 0 Å². The fourth-order valence-electron chi connectivity index (χ4n) is 3.17. The summed E-state index contributed by atoms with van der Waals surface area (Å²) in [4.78, 5) is 2.29. The molecule has 1 unspecified atom stereocenters. The molecule has 1 fully saturated rings. The van der Waals surface area contributed by atoms with E-state index >= 15 is 0 Å². The van der Waals surface area contributed by atoms with E-state index in [1.54, 1.807) is 0 Å². The zero-order valence-electron chi connectivity index (χ0n) is 17.8. The minimum Gasteiger partial charge on any atom is -0.491 e. The van der Waals surface area contributed by atoms with Crippen molar-refractivity contribution >= 4 is 12.6 Å². The molecule has 0 aliphatic carbocycles. The van der Waals surface area contributed by atoms with Crippen molar-refractivity contribution in [2.24, 2.45) is 0 Å². The number of hydrogen-bond donors (Lipinski definition) is 1. The van der Waals surface area contributed by atoms with E-state index in [2.05, 4.69) is 18.7 Å². The van der Waals surface area contributed by atoms with Gasteiger partial charge >= 0.3 is 7.12 Å². The first-order chi connectivity index (χ1) is 12.7. The summed E-state index contributed by atoms with van der Waals surface area (Å²) in [6.45, 7) is 15.5. The molecule has 27 heavy (non-hydrogen) atoms. The van der Waals surface area contributed by atoms with Crippen molar-refractivity contribution in [3.05, 3.63) is 24.3 Å². The smallest absolute Gasteiger partial charge is 0.491 e. The molecule has 1 aromatic rings. The van der Waals surface area contributed by atoms with Gasteiger partial charge in [-0.05, 0) is 71.2 Å². The van der Waals surface area contributed by atoms with Gasteiger partial charge in [0, 0.05) is 6.54 Å². The van der Waals surface area contributed by atoms with Crippen molar-refractivity contribution in [1.29, 1.82) is 0 Å². The molecule has 6 heteroatoms. The van der Waals surface area contributed by atoms with E-state index in [9.17, 15) is 5.11 Å². The van der Waals surface area contributed by atoms with E-state index in [1.165, 1.54) is 0 Å². The lowest BCUT2D eigenvalue weighted by Gasteiger charge is -2.32. The molecule has 1 aliphatic heterocycles. The van der Waals surface area contributed by atoms with Crippen LogP contribution in [0, 0.1) is 0 Å². The number of ether oxygens (including phenoxy) is 1. The first-order valence-corrected chi connectivity index (χ1v) is 10.2. The molecule has 1 aliphatic rings. The van der Waals surface area contributed by atoms with Crippen LogP contribution in [-0.4, -0.2) is 60.7 Å². The molecule has 0 amide bonds. The van der Waals surface area contributed by atoms with E-state index in [1.807, 2.05) is 52.0 Å². The molecule has 1 aromatic carbocycles. The third-order valence-corrected chi connectivity index (χ3v) is 5.40. The Morgan fingerprint density at radius 2 is 1.52 bits per heavy atom. The average molecular weight is 377 g/mol. The monoisotopic (exact) mass is 377 g/mol. The maximum Gasteiger partial charge on any atom is 0.494 e. The van der Waals surface area contributed by atoms with Crippen LogP contribution in [0.2, 0.25) is 0 Å². The van der Waals surface area contributed by atoms with E-state index in [0.717, 1.165) is 37.1 Å². The molecule has 5 nitrogen and oxygen atoms in total. The highest BCUT2D eigenvalue weighted by Gasteiger charge is 2.51. The van der Waals surface area contributed by atoms with Gasteiger partial charge in [-0.2, -0.15) is 0 Å². The molecule has 0 saturated carbocycles. The van der Waals surface area contributed by atoms with Crippen molar-refractivity contribution in [1.82, 2.24) is 4.90 Å². The lowest BCUT2D eigenvalue weighted by atomic mass is 9.79. The Morgan fingerprint density at radius 3 is 2.00 bits per heavy atom. The first kappa shape index (κ1) is 22.2. The van der Waals surface area contributed by atoms with Gasteiger partial charge in [-0.1, -0.05) is 26.0 Å². The van der Waals surface area contributed by atoms with Crippen LogP contribution in [0.3, 0.4) is 0 Å². The largest absolute Gasteiger partial charge is 0.494 e. The number of hydrogen-bond acceptors (Lipinski definition) is 5. The van der Waals surface area contributed by atoms with Crippen LogP contribution in [0.5, 0.6) is 5.75 Å². The van der Waals surface area contributed by atoms with Crippen LogP contribution in [0.4, 0.5) is 0 Å². The highest BCUT2D eigenvalue weighted by molar-refractivity contribution is 6.62. The lowest BCUT2D eigenvalue weighted by molar-refractivity contribution is 0.00578. The quantitative estimate of drug-likeness (QED) is 0.636. The van der Waals surface area contributed by atoms with Crippen LogP contribution >= 0.6 is 0 Å². The normalized spacial score (nSPS) is 19.5. The summed E-state index contributed by atoms with van der Waals surface area (Å²) in [5.74, 6) is 0.742. The Hall–Kier alpha value is -1.08. The Balaban J connectivity index is 1.85. The zero-order valence-corrected chi connectivity index (χ0v) is 17.8. The first-order valence-electron chi connectivity index (χ1n) is 10.2. The van der Waals surface area contributed by atoms with Crippen LogP contribution in [0.15, 0.2) is 24.3 Å². The number of rotatable bonds is 10. The van der Waals surface area contributed by atoms with Crippen LogP contribution in [-0.2, 0) is 9.31 Å². The van der Waals surface area contributed by atoms with E-state index in [4.69, 9.17) is 14.0 Å². The SMILES string of the molecule is CCCN(CCC)CC(O)COc1ccc(B2OC(C)(C)C(C)(C)O2)cc1. The van der Waals surface area contributed by atoms with Gasteiger partial charge in [0.25, 0.3) is 0 Å². The van der Waals surface area contributed by atoms with Crippen molar-refractivity contribution in [3.63, 3.8) is 0 Å². The summed E-state index contributed by atoms with van der Waals surface area (Å²) in [6, 6.07) is 7.74. The summed E-state index contributed by atoms with van der Waals surface area (Å²) in [5, 5.41) is 10.3. The zero-order chi connectivity index (χ0) is 20.1. The highest BCUT2D eigenvalue weighted by atomic mass is 16.7. The number of aliphatic hydroxyl groups is 1. The van der Waals surface area contributed by atoms with Crippen molar-refractivity contribution in [2.45, 2.75) is 71.7 Å². The number of nitrogens with zero attached hydrogens (tertiary/aromatic N) is 1. The second-order valence-corrected chi connectivity index (χ2v) is 8.42. The maximum atomic E-state index is 10.3. The van der Waals surface area contributed by atoms with Crippen molar-refractivity contribution in [2.75, 3.05) is 26.2 Å². The molecule has 1 atom stereocenters. The van der Waals surface area contributed by atoms with Gasteiger partial charge in [0.2, 0.25) is 0 Å². The Labute approximate surface area is 165 Å². The molecule has 152 valence electrons. The van der Waals surface area contributed by atoms with Crippen molar-refractivity contribution < 1.29 is 19.2 Å². The fourth-order valence-corrected chi connectivity index (χ4v) is 3.17. The van der Waals surface area contributed by atoms with Crippen LogP contribution in [0.25, 0.3) is 0 Å². The maximum absolute atomic E-state index is 10.3. The summed E-state index contributed by atoms with van der Waals surface area (Å²) in [5.41, 5.74) is 0.276. The lowest BCUT2D eigenvalue weighted by Crippen LogP contribution is -2.41. The predicted octanol–water partition coefficient (Wildman–Crippen LogP) is 2.85. The minimum atomic E-state index is -0.495. The molecule has 0 radical (unpaired) electrons. The van der Waals surface area contributed by atoms with Crippen LogP contribution < -0.4 is 10.2 Å². The van der Waals surface area contributed by atoms with Gasteiger partial charge in [-0.15, -0.1) is 0 Å². The molecule has 0 aromatic heterocycles. The van der Waals surface area contributed by atoms with Crippen LogP contribution in [0.1, 0.15) is 54.4 Å². The van der Waals surface area contributed by atoms with Crippen molar-refractivity contribution in [3.8, 4) is 5.75 Å². The molecule has 2 rings (SSSR count). The van der Waals surface area contributed by atoms with Gasteiger partial charge in [-0.25, -0.2) is 0 Å². The number of benzene rings is 1. The molecule has 0 bridgehead atoms. The fraction of sp³-hybridized carbons (Fsp3) is 0.714. The molecular weight excluding hydrogens is 341 g/mol. The van der Waals surface area contributed by atoms with E-state index < -0.39 is 6.10 Å². The minimum absolute atomic E-state index is 0.291. The molecule has 1 N–H and O–H groups in total. The molecule has 1 heterocycles. The summed E-state index contributed by atoms with van der Waals surface area (Å²) >= 11 is 0. The third kappa shape index (κ3) is 5.95. The summed E-state index contributed by atoms with van der Waals surface area (Å²) in [6.07, 6.45) is 1.69. The molecular formula is C21H36BNO4. The molecule has 0 spiro atoms. The summed E-state index contributed by atoms with van der Waals surface area (Å²) in [7, 11) is -0.369. The Kier molecular flexibility index (Phi) is 7.75. The standard InChI is InChI=1S/C21H36BNO4/c1-7-13-23(14-8-2)15-18(24)16-25-19-11-9-17(10-12-19)22-26-20(3,4)21(5,6)27-22/h9-12,18,24H,7-8,13-16H2,1-6H3. The van der Waals surface area contributed by atoms with E-state index in [-0.39, 0.29) is 18.3 Å². The highest BCUT2D eigenvalue weighted by Crippen LogP contribution is 2.36. The average Bonchev–Trinajstić information content (AvgIpc) is 2.82. The van der Waals surface area contributed by atoms with Gasteiger partial charge in [0.05, 0.1) is 11.2 Å². The number of aliphatic hydroxyl groups excluding tert-OH is 1. The van der Waals surface area contributed by atoms with Gasteiger partial charge in [0.15, 0.2) is 0 Å². The van der Waals surface area contributed by atoms with E-state index in [0.29, 0.717) is 13.2 Å². The predicted molar refractivity (Wildman–Crippen MR) is 111 cm³/mol. The molecule has 1 saturated heterocycles. The Bertz CT molecular complexity index is 554. The second-order valence-electron chi connectivity index (χ2n) is 8.42. The van der Waals surface area contributed by atoms with Gasteiger partial charge < -0.3 is 24.1 Å². The summed E-state index contributed by atoms with van der Waals surface area (Å²) < 4.78 is 17.9. The third-order valence-electron chi connectivity index (χ3n) is 5.40. The topological polar surface area (TPSA) is 51.2 Å². The Morgan fingerprint density at radius 1 is 1.00 bits per heavy atom. The second kappa shape index (κ2) is 9.42. The van der Waals surface area contributed by atoms with Gasteiger partial charge in [0.1, 0.15) is 18.5 Å².